The number of nitrogens with one attached hydrogen (secondary N) is 1. The molecule has 1 N–H and O–H groups in total. The van der Waals surface area contributed by atoms with Gasteiger partial charge in [0.05, 0.1) is 11.6 Å². The predicted octanol–water partition coefficient (Wildman–Crippen LogP) is 3.65. The summed E-state index contributed by atoms with van der Waals surface area (Å²) in [5, 5.41) is 5.44. The molecule has 1 amide bonds. The number of aromatic nitrogens is 1. The van der Waals surface area contributed by atoms with Gasteiger partial charge in [0.1, 0.15) is 0 Å². The van der Waals surface area contributed by atoms with E-state index in [1.54, 1.807) is 0 Å². The van der Waals surface area contributed by atoms with Crippen LogP contribution in [0.5, 0.6) is 0 Å². The number of thiazole rings is 1. The Morgan fingerprint density at radius 1 is 1.71 bits per heavy atom. The second kappa shape index (κ2) is 4.94. The number of amides is 1. The van der Waals surface area contributed by atoms with Crippen LogP contribution >= 0.6 is 22.9 Å². The van der Waals surface area contributed by atoms with Crippen molar-refractivity contribution in [3.8, 4) is 0 Å². The van der Waals surface area contributed by atoms with Crippen LogP contribution in [-0.4, -0.2) is 10.9 Å². The summed E-state index contributed by atoms with van der Waals surface area (Å²) < 4.78 is 0. The van der Waals surface area contributed by atoms with Crippen molar-refractivity contribution in [2.45, 2.75) is 39.0 Å². The van der Waals surface area contributed by atoms with Crippen LogP contribution in [0.15, 0.2) is 5.38 Å². The first-order valence-electron chi connectivity index (χ1n) is 5.84. The molecule has 1 fully saturated rings. The van der Waals surface area contributed by atoms with Crippen molar-refractivity contribution in [1.82, 2.24) is 4.98 Å². The van der Waals surface area contributed by atoms with E-state index in [1.165, 1.54) is 11.3 Å². The second-order valence-corrected chi connectivity index (χ2v) is 6.33. The molecule has 0 bridgehead atoms. The van der Waals surface area contributed by atoms with Gasteiger partial charge in [0.15, 0.2) is 5.13 Å². The normalized spacial score (nSPS) is 22.6. The maximum atomic E-state index is 12.2. The topological polar surface area (TPSA) is 42.0 Å². The molecule has 0 spiro atoms. The van der Waals surface area contributed by atoms with Gasteiger partial charge in [-0.15, -0.1) is 22.9 Å². The lowest BCUT2D eigenvalue weighted by atomic mass is 9.81. The number of hydrogen-bond donors (Lipinski definition) is 1. The summed E-state index contributed by atoms with van der Waals surface area (Å²) in [4.78, 5) is 16.4. The minimum absolute atomic E-state index is 0.1000. The SMILES string of the molecule is CC1(C)CCCC1C(=O)Nc1nc(CCl)cs1. The average molecular weight is 273 g/mol. The van der Waals surface area contributed by atoms with E-state index < -0.39 is 0 Å². The number of halogens is 1. The van der Waals surface area contributed by atoms with E-state index in [2.05, 4.69) is 24.1 Å². The fourth-order valence-corrected chi connectivity index (χ4v) is 3.37. The van der Waals surface area contributed by atoms with Crippen LogP contribution in [0.3, 0.4) is 0 Å². The van der Waals surface area contributed by atoms with Gasteiger partial charge in [-0.05, 0) is 18.3 Å². The molecule has 5 heteroatoms. The molecule has 2 rings (SSSR count). The highest BCUT2D eigenvalue weighted by Crippen LogP contribution is 2.43. The molecule has 94 valence electrons. The Kier molecular flexibility index (Phi) is 3.73. The van der Waals surface area contributed by atoms with Crippen LogP contribution < -0.4 is 5.32 Å². The van der Waals surface area contributed by atoms with Gasteiger partial charge in [0.2, 0.25) is 5.91 Å². The molecular formula is C12H17ClN2OS. The van der Waals surface area contributed by atoms with Crippen molar-refractivity contribution in [1.29, 1.82) is 0 Å². The molecule has 0 saturated heterocycles. The van der Waals surface area contributed by atoms with Crippen LogP contribution in [0.4, 0.5) is 5.13 Å². The standard InChI is InChI=1S/C12H17ClN2OS/c1-12(2)5-3-4-9(12)10(16)15-11-14-8(6-13)7-17-11/h7,9H,3-6H2,1-2H3,(H,14,15,16). The highest BCUT2D eigenvalue weighted by atomic mass is 35.5. The van der Waals surface area contributed by atoms with Crippen LogP contribution in [-0.2, 0) is 10.7 Å². The minimum Gasteiger partial charge on any atom is -0.302 e. The Morgan fingerprint density at radius 2 is 2.47 bits per heavy atom. The van der Waals surface area contributed by atoms with Crippen LogP contribution in [0.1, 0.15) is 38.8 Å². The van der Waals surface area contributed by atoms with E-state index in [0.717, 1.165) is 25.0 Å². The van der Waals surface area contributed by atoms with Crippen LogP contribution in [0.2, 0.25) is 0 Å². The maximum Gasteiger partial charge on any atom is 0.229 e. The Labute approximate surface area is 111 Å². The summed E-state index contributed by atoms with van der Waals surface area (Å²) in [6.07, 6.45) is 3.23. The molecule has 1 unspecified atom stereocenters. The van der Waals surface area contributed by atoms with E-state index in [-0.39, 0.29) is 17.2 Å². The van der Waals surface area contributed by atoms with Crippen molar-refractivity contribution in [2.24, 2.45) is 11.3 Å². The van der Waals surface area contributed by atoms with Gasteiger partial charge in [-0.3, -0.25) is 4.79 Å². The van der Waals surface area contributed by atoms with E-state index in [0.29, 0.717) is 11.0 Å². The average Bonchev–Trinajstić information content (AvgIpc) is 2.84. The first-order chi connectivity index (χ1) is 8.03. The van der Waals surface area contributed by atoms with Gasteiger partial charge in [-0.1, -0.05) is 20.3 Å². The van der Waals surface area contributed by atoms with Gasteiger partial charge < -0.3 is 5.32 Å². The lowest BCUT2D eigenvalue weighted by Crippen LogP contribution is -2.30. The van der Waals surface area contributed by atoms with Crippen molar-refractivity contribution in [2.75, 3.05) is 5.32 Å². The molecular weight excluding hydrogens is 256 g/mol. The summed E-state index contributed by atoms with van der Waals surface area (Å²) in [6, 6.07) is 0. The van der Waals surface area contributed by atoms with Crippen molar-refractivity contribution in [3.05, 3.63) is 11.1 Å². The molecule has 1 aliphatic carbocycles. The minimum atomic E-state index is 0.1000. The number of hydrogen-bond acceptors (Lipinski definition) is 3. The molecule has 1 aromatic heterocycles. The Hall–Kier alpha value is -0.610. The number of rotatable bonds is 3. The highest BCUT2D eigenvalue weighted by Gasteiger charge is 2.39. The van der Waals surface area contributed by atoms with Crippen LogP contribution in [0.25, 0.3) is 0 Å². The molecule has 0 aromatic carbocycles. The van der Waals surface area contributed by atoms with E-state index in [9.17, 15) is 4.79 Å². The lowest BCUT2D eigenvalue weighted by Gasteiger charge is -2.25. The zero-order chi connectivity index (χ0) is 12.5. The molecule has 1 saturated carbocycles. The number of anilines is 1. The number of carbonyl (C=O) groups is 1. The van der Waals surface area contributed by atoms with Crippen molar-refractivity contribution >= 4 is 34.0 Å². The Morgan fingerprint density at radius 3 is 3.00 bits per heavy atom. The Bertz CT molecular complexity index is 416. The van der Waals surface area contributed by atoms with E-state index >= 15 is 0 Å². The summed E-state index contributed by atoms with van der Waals surface area (Å²) in [5.74, 6) is 0.593. The number of alkyl halides is 1. The molecule has 0 aliphatic heterocycles. The van der Waals surface area contributed by atoms with Crippen molar-refractivity contribution in [3.63, 3.8) is 0 Å². The molecule has 0 radical (unpaired) electrons. The first-order valence-corrected chi connectivity index (χ1v) is 7.25. The molecule has 3 nitrogen and oxygen atoms in total. The third kappa shape index (κ3) is 2.80. The zero-order valence-electron chi connectivity index (χ0n) is 10.1. The molecule has 1 aliphatic rings. The van der Waals surface area contributed by atoms with E-state index in [1.807, 2.05) is 5.38 Å². The smallest absolute Gasteiger partial charge is 0.229 e. The quantitative estimate of drug-likeness (QED) is 0.854. The fourth-order valence-electron chi connectivity index (χ4n) is 2.43. The monoisotopic (exact) mass is 272 g/mol. The second-order valence-electron chi connectivity index (χ2n) is 5.20. The summed E-state index contributed by atoms with van der Waals surface area (Å²) in [6.45, 7) is 4.33. The van der Waals surface area contributed by atoms with Gasteiger partial charge in [-0.25, -0.2) is 4.98 Å². The van der Waals surface area contributed by atoms with Crippen LogP contribution in [0, 0.1) is 11.3 Å². The zero-order valence-corrected chi connectivity index (χ0v) is 11.7. The van der Waals surface area contributed by atoms with Crippen molar-refractivity contribution < 1.29 is 4.79 Å². The maximum absolute atomic E-state index is 12.2. The Balaban J connectivity index is 2.01. The fraction of sp³-hybridized carbons (Fsp3) is 0.667. The third-order valence-electron chi connectivity index (χ3n) is 3.49. The van der Waals surface area contributed by atoms with Gasteiger partial charge in [-0.2, -0.15) is 0 Å². The predicted molar refractivity (Wildman–Crippen MR) is 71.4 cm³/mol. The third-order valence-corrected chi connectivity index (χ3v) is 4.57. The largest absolute Gasteiger partial charge is 0.302 e. The summed E-state index contributed by atoms with van der Waals surface area (Å²) in [5.41, 5.74) is 0.925. The molecule has 1 atom stereocenters. The molecule has 1 heterocycles. The summed E-state index contributed by atoms with van der Waals surface area (Å²) >= 11 is 7.11. The summed E-state index contributed by atoms with van der Waals surface area (Å²) in [7, 11) is 0. The molecule has 17 heavy (non-hydrogen) atoms. The van der Waals surface area contributed by atoms with Gasteiger partial charge in [0.25, 0.3) is 0 Å². The molecule has 1 aromatic rings. The van der Waals surface area contributed by atoms with Gasteiger partial charge in [0, 0.05) is 11.3 Å². The van der Waals surface area contributed by atoms with Gasteiger partial charge >= 0.3 is 0 Å². The highest BCUT2D eigenvalue weighted by molar-refractivity contribution is 7.13. The number of carbonyl (C=O) groups excluding carboxylic acids is 1. The number of nitrogens with zero attached hydrogens (tertiary/aromatic N) is 1. The van der Waals surface area contributed by atoms with E-state index in [4.69, 9.17) is 11.6 Å². The first kappa shape index (κ1) is 12.8. The lowest BCUT2D eigenvalue weighted by molar-refractivity contribution is -0.122.